The Morgan fingerprint density at radius 2 is 1.36 bits per heavy atom. The Balaban J connectivity index is 1.55. The van der Waals surface area contributed by atoms with Gasteiger partial charge in [0, 0.05) is 19.6 Å². The van der Waals surface area contributed by atoms with Crippen LogP contribution in [-0.2, 0) is 16.0 Å². The van der Waals surface area contributed by atoms with Crippen molar-refractivity contribution in [3.8, 4) is 23.0 Å². The second kappa shape index (κ2) is 16.9. The first-order chi connectivity index (χ1) is 21.0. The number of hydrogen-bond acceptors (Lipinski definition) is 7. The molecule has 3 aromatic rings. The van der Waals surface area contributed by atoms with Crippen molar-refractivity contribution < 1.29 is 55.9 Å². The topological polar surface area (TPSA) is 104 Å². The van der Waals surface area contributed by atoms with Crippen molar-refractivity contribution in [2.45, 2.75) is 38.7 Å². The molecule has 238 valence electrons. The molecule has 0 radical (unpaired) electrons. The number of alkyl halides is 3. The van der Waals surface area contributed by atoms with Gasteiger partial charge in [0.05, 0.1) is 13.2 Å². The molecule has 3 rings (SSSR count). The largest absolute Gasteiger partial charge is 0.573 e. The highest BCUT2D eigenvalue weighted by Crippen LogP contribution is 2.25. The van der Waals surface area contributed by atoms with Crippen molar-refractivity contribution in [2.24, 2.45) is 0 Å². The summed E-state index contributed by atoms with van der Waals surface area (Å²) >= 11 is 0. The molecule has 0 saturated carbocycles. The van der Waals surface area contributed by atoms with E-state index in [0.717, 1.165) is 17.7 Å². The summed E-state index contributed by atoms with van der Waals surface area (Å²) in [5.41, 5.74) is 0.748. The van der Waals surface area contributed by atoms with Crippen LogP contribution in [0.15, 0.2) is 72.8 Å². The Morgan fingerprint density at radius 3 is 1.95 bits per heavy atom. The Morgan fingerprint density at radius 1 is 0.795 bits per heavy atom. The third kappa shape index (κ3) is 12.4. The molecule has 0 aromatic heterocycles. The molecule has 1 atom stereocenters. The van der Waals surface area contributed by atoms with Crippen molar-refractivity contribution in [1.29, 1.82) is 0 Å². The van der Waals surface area contributed by atoms with Gasteiger partial charge in [-0.2, -0.15) is 0 Å². The number of carboxylic acids is 1. The van der Waals surface area contributed by atoms with E-state index in [1.807, 2.05) is 0 Å². The summed E-state index contributed by atoms with van der Waals surface area (Å²) in [7, 11) is 0. The number of halogens is 4. The van der Waals surface area contributed by atoms with Crippen LogP contribution >= 0.6 is 0 Å². The standard InChI is InChI=1S/C31H33F4NO8/c1-2-40-28(29(37)38)21-22-5-9-24(10-6-22)42-20-18-36(17-3-4-19-41-25-11-7-23(32)8-12-25)30(39)43-26-13-15-27(16-14-26)44-31(33,34)35/h5-16,28H,2-4,17-21H2,1H3,(H,37,38). The van der Waals surface area contributed by atoms with Gasteiger partial charge in [-0.1, -0.05) is 12.1 Å². The molecule has 3 aromatic carbocycles. The van der Waals surface area contributed by atoms with Gasteiger partial charge in [-0.05, 0) is 86.0 Å². The van der Waals surface area contributed by atoms with Gasteiger partial charge in [-0.25, -0.2) is 14.0 Å². The summed E-state index contributed by atoms with van der Waals surface area (Å²) in [4.78, 5) is 25.7. The lowest BCUT2D eigenvalue weighted by molar-refractivity contribution is -0.274. The van der Waals surface area contributed by atoms with Crippen LogP contribution in [0, 0.1) is 5.82 Å². The maximum atomic E-state index is 13.1. The van der Waals surface area contributed by atoms with Crippen molar-refractivity contribution in [3.63, 3.8) is 0 Å². The fraction of sp³-hybridized carbons (Fsp3) is 0.355. The van der Waals surface area contributed by atoms with E-state index in [0.29, 0.717) is 30.9 Å². The molecule has 0 aliphatic rings. The van der Waals surface area contributed by atoms with Crippen LogP contribution in [0.2, 0.25) is 0 Å². The average Bonchev–Trinajstić information content (AvgIpc) is 2.97. The van der Waals surface area contributed by atoms with E-state index in [4.69, 9.17) is 18.9 Å². The fourth-order valence-corrected chi connectivity index (χ4v) is 3.92. The molecular formula is C31H33F4NO8. The van der Waals surface area contributed by atoms with Crippen LogP contribution in [0.4, 0.5) is 22.4 Å². The third-order valence-electron chi connectivity index (χ3n) is 6.04. The van der Waals surface area contributed by atoms with E-state index >= 15 is 0 Å². The first-order valence-corrected chi connectivity index (χ1v) is 13.8. The first kappa shape index (κ1) is 34.0. The molecular weight excluding hydrogens is 590 g/mol. The van der Waals surface area contributed by atoms with Crippen LogP contribution in [0.25, 0.3) is 0 Å². The molecule has 9 nitrogen and oxygen atoms in total. The van der Waals surface area contributed by atoms with Gasteiger partial charge in [0.2, 0.25) is 0 Å². The second-order valence-corrected chi connectivity index (χ2v) is 9.36. The number of benzene rings is 3. The van der Waals surface area contributed by atoms with Crippen molar-refractivity contribution in [3.05, 3.63) is 84.2 Å². The number of aliphatic carboxylic acids is 1. The maximum absolute atomic E-state index is 13.1. The van der Waals surface area contributed by atoms with Gasteiger partial charge < -0.3 is 33.7 Å². The highest BCUT2D eigenvalue weighted by molar-refractivity contribution is 5.72. The Labute approximate surface area is 251 Å². The van der Waals surface area contributed by atoms with Gasteiger partial charge in [0.1, 0.15) is 35.4 Å². The zero-order chi connectivity index (χ0) is 32.0. The number of rotatable bonds is 17. The lowest BCUT2D eigenvalue weighted by Gasteiger charge is -2.22. The zero-order valence-electron chi connectivity index (χ0n) is 23.9. The maximum Gasteiger partial charge on any atom is 0.573 e. The highest BCUT2D eigenvalue weighted by Gasteiger charge is 2.31. The van der Waals surface area contributed by atoms with Gasteiger partial charge >= 0.3 is 18.4 Å². The summed E-state index contributed by atoms with van der Waals surface area (Å²) in [6.07, 6.45) is -5.26. The van der Waals surface area contributed by atoms with Gasteiger partial charge in [-0.3, -0.25) is 0 Å². The molecule has 0 saturated heterocycles. The SMILES string of the molecule is CCOC(Cc1ccc(OCCN(CCCCOc2ccc(F)cc2)C(=O)Oc2ccc(OC(F)(F)F)cc2)cc1)C(=O)O. The summed E-state index contributed by atoms with van der Waals surface area (Å²) in [6, 6.07) is 16.9. The summed E-state index contributed by atoms with van der Waals surface area (Å²) < 4.78 is 76.2. The van der Waals surface area contributed by atoms with E-state index in [9.17, 15) is 32.3 Å². The fourth-order valence-electron chi connectivity index (χ4n) is 3.92. The molecule has 1 N–H and O–H groups in total. The zero-order valence-corrected chi connectivity index (χ0v) is 23.9. The van der Waals surface area contributed by atoms with Crippen LogP contribution in [0.3, 0.4) is 0 Å². The van der Waals surface area contributed by atoms with E-state index in [2.05, 4.69) is 4.74 Å². The molecule has 44 heavy (non-hydrogen) atoms. The number of carboxylic acid groups (broad SMARTS) is 1. The second-order valence-electron chi connectivity index (χ2n) is 9.36. The summed E-state index contributed by atoms with van der Waals surface area (Å²) in [5.74, 6) is -0.842. The summed E-state index contributed by atoms with van der Waals surface area (Å²) in [5, 5.41) is 9.27. The quantitative estimate of drug-likeness (QED) is 0.134. The van der Waals surface area contributed by atoms with E-state index < -0.39 is 30.3 Å². The van der Waals surface area contributed by atoms with Crippen LogP contribution in [0.5, 0.6) is 23.0 Å². The average molecular weight is 624 g/mol. The Hall–Kier alpha value is -4.52. The van der Waals surface area contributed by atoms with Crippen LogP contribution < -0.4 is 18.9 Å². The van der Waals surface area contributed by atoms with Gasteiger partial charge in [0.15, 0.2) is 6.10 Å². The lowest BCUT2D eigenvalue weighted by atomic mass is 10.1. The molecule has 0 aliphatic carbocycles. The molecule has 0 heterocycles. The Kier molecular flexibility index (Phi) is 13.1. The lowest BCUT2D eigenvalue weighted by Crippen LogP contribution is -2.37. The van der Waals surface area contributed by atoms with Crippen molar-refractivity contribution >= 4 is 12.1 Å². The molecule has 0 bridgehead atoms. The van der Waals surface area contributed by atoms with Crippen molar-refractivity contribution in [1.82, 2.24) is 4.90 Å². The first-order valence-electron chi connectivity index (χ1n) is 13.8. The minimum absolute atomic E-state index is 0.0254. The number of carbonyl (C=O) groups is 2. The molecule has 1 unspecified atom stereocenters. The number of hydrogen-bond donors (Lipinski definition) is 1. The monoisotopic (exact) mass is 623 g/mol. The predicted molar refractivity (Wildman–Crippen MR) is 151 cm³/mol. The number of carbonyl (C=O) groups excluding carboxylic acids is 1. The van der Waals surface area contributed by atoms with E-state index in [1.54, 1.807) is 31.2 Å². The van der Waals surface area contributed by atoms with Crippen LogP contribution in [0.1, 0.15) is 25.3 Å². The van der Waals surface area contributed by atoms with Crippen molar-refractivity contribution in [2.75, 3.05) is 32.9 Å². The number of unbranched alkanes of at least 4 members (excludes halogenated alkanes) is 1. The molecule has 0 fully saturated rings. The minimum Gasteiger partial charge on any atom is -0.494 e. The Bertz CT molecular complexity index is 1300. The van der Waals surface area contributed by atoms with E-state index in [1.165, 1.54) is 41.3 Å². The third-order valence-corrected chi connectivity index (χ3v) is 6.04. The highest BCUT2D eigenvalue weighted by atomic mass is 19.4. The van der Waals surface area contributed by atoms with Gasteiger partial charge in [0.25, 0.3) is 0 Å². The molecule has 1 amide bonds. The van der Waals surface area contributed by atoms with E-state index in [-0.39, 0.29) is 44.3 Å². The molecule has 0 spiro atoms. The molecule has 0 aliphatic heterocycles. The predicted octanol–water partition coefficient (Wildman–Crippen LogP) is 6.50. The molecule has 13 heteroatoms. The minimum atomic E-state index is -4.85. The number of amides is 1. The number of ether oxygens (including phenoxy) is 5. The van der Waals surface area contributed by atoms with Gasteiger partial charge in [-0.15, -0.1) is 13.2 Å². The smallest absolute Gasteiger partial charge is 0.494 e. The normalized spacial score (nSPS) is 11.8. The van der Waals surface area contributed by atoms with Crippen LogP contribution in [-0.4, -0.2) is 67.4 Å². The summed E-state index contributed by atoms with van der Waals surface area (Å²) in [6.45, 7) is 2.80. The number of nitrogens with zero attached hydrogens (tertiary/aromatic N) is 1.